The fraction of sp³-hybridized carbons (Fsp3) is 0.211. The largest absolute Gasteiger partial charge is 0.838 e. The Labute approximate surface area is 150 Å². The summed E-state index contributed by atoms with van der Waals surface area (Å²) in [5.74, 6) is -0.347. The first kappa shape index (κ1) is 15.8. The van der Waals surface area contributed by atoms with Crippen LogP contribution in [0.1, 0.15) is 34.5 Å². The molecule has 0 amide bonds. The maximum absolute atomic E-state index is 12.9. The van der Waals surface area contributed by atoms with Crippen molar-refractivity contribution < 1.29 is 14.6 Å². The summed E-state index contributed by atoms with van der Waals surface area (Å²) in [5.41, 5.74) is 2.07. The summed E-state index contributed by atoms with van der Waals surface area (Å²) in [5, 5.41) is 17.6. The van der Waals surface area contributed by atoms with E-state index in [1.54, 1.807) is 47.1 Å². The predicted octanol–water partition coefficient (Wildman–Crippen LogP) is 2.45. The molecule has 6 heteroatoms. The second-order valence-corrected chi connectivity index (χ2v) is 6.53. The fourth-order valence-corrected chi connectivity index (χ4v) is 3.35. The summed E-state index contributed by atoms with van der Waals surface area (Å²) in [6.07, 6.45) is 2.70. The smallest absolute Gasteiger partial charge is 0.197 e. The molecule has 2 aromatic carbocycles. The Bertz CT molecular complexity index is 951. The van der Waals surface area contributed by atoms with Crippen molar-refractivity contribution in [2.75, 3.05) is 0 Å². The number of carbonyl (C=O) groups excluding carboxylic acids is 1. The molecular weight excluding hydrogens is 338 g/mol. The number of aryl methyl sites for hydroxylation is 1. The normalized spacial score (nSPS) is 13.5. The van der Waals surface area contributed by atoms with Gasteiger partial charge in [0.15, 0.2) is 17.2 Å². The number of fused-ring (bicyclic) bond motifs is 1. The van der Waals surface area contributed by atoms with Gasteiger partial charge < -0.3 is 5.11 Å². The van der Waals surface area contributed by atoms with Crippen molar-refractivity contribution in [3.8, 4) is 11.6 Å². The maximum Gasteiger partial charge on any atom is 0.197 e. The molecule has 1 aromatic heterocycles. The van der Waals surface area contributed by atoms with Crippen molar-refractivity contribution in [1.82, 2.24) is 9.90 Å². The van der Waals surface area contributed by atoms with Gasteiger partial charge in [-0.05, 0) is 31.0 Å². The number of carbonyl (C=O) groups is 1. The van der Waals surface area contributed by atoms with Gasteiger partial charge in [-0.3, -0.25) is 4.79 Å². The quantitative estimate of drug-likeness (QED) is 0.536. The Kier molecular flexibility index (Phi) is 4.01. The minimum Gasteiger partial charge on any atom is -0.838 e. The topological polar surface area (TPSA) is 61.8 Å². The van der Waals surface area contributed by atoms with Gasteiger partial charge >= 0.3 is 0 Å². The van der Waals surface area contributed by atoms with Crippen LogP contribution in [-0.2, 0) is 13.0 Å². The number of rotatable bonds is 3. The van der Waals surface area contributed by atoms with E-state index < -0.39 is 0 Å². The molecule has 0 N–H and O–H groups in total. The predicted molar refractivity (Wildman–Crippen MR) is 91.0 cm³/mol. The van der Waals surface area contributed by atoms with E-state index in [-0.39, 0.29) is 11.7 Å². The molecule has 0 atom stereocenters. The van der Waals surface area contributed by atoms with Crippen LogP contribution >= 0.6 is 11.6 Å². The zero-order chi connectivity index (χ0) is 17.4. The first-order valence-electron chi connectivity index (χ1n) is 8.24. The van der Waals surface area contributed by atoms with E-state index in [0.29, 0.717) is 34.0 Å². The molecule has 25 heavy (non-hydrogen) atoms. The first-order valence-corrected chi connectivity index (χ1v) is 8.61. The highest BCUT2D eigenvalue weighted by molar-refractivity contribution is 6.31. The van der Waals surface area contributed by atoms with Crippen molar-refractivity contribution in [2.45, 2.75) is 25.8 Å². The average Bonchev–Trinajstić information content (AvgIpc) is 2.99. The molecule has 0 spiro atoms. The number of nitrogens with zero attached hydrogens (tertiary/aromatic N) is 3. The third kappa shape index (κ3) is 2.81. The summed E-state index contributed by atoms with van der Waals surface area (Å²) in [7, 11) is 0. The molecule has 4 rings (SSSR count). The zero-order valence-corrected chi connectivity index (χ0v) is 14.2. The van der Waals surface area contributed by atoms with E-state index in [2.05, 4.69) is 5.21 Å². The lowest BCUT2D eigenvalue weighted by atomic mass is 10.0. The molecule has 0 saturated heterocycles. The lowest BCUT2D eigenvalue weighted by Gasteiger charge is -2.10. The number of benzene rings is 2. The number of aromatic nitrogens is 3. The molecule has 0 saturated carbocycles. The van der Waals surface area contributed by atoms with Crippen molar-refractivity contribution in [3.63, 3.8) is 0 Å². The van der Waals surface area contributed by atoms with Gasteiger partial charge in [-0.1, -0.05) is 41.9 Å². The van der Waals surface area contributed by atoms with Crippen LogP contribution in [0.15, 0.2) is 48.5 Å². The zero-order valence-electron chi connectivity index (χ0n) is 13.5. The molecule has 0 bridgehead atoms. The standard InChI is InChI=1S/C19H16ClN3O2/c20-14-9-10-16(15(12-14)18(24)13-6-2-1-3-7-13)23-19(25)17-8-4-5-11-22(17)21-23/h1-3,6-7,9-10,12H,4-5,8,11H2. The molecule has 5 nitrogen and oxygen atoms in total. The van der Waals surface area contributed by atoms with E-state index in [0.717, 1.165) is 19.4 Å². The molecule has 2 heterocycles. The molecular formula is C19H16ClN3O2. The second kappa shape index (κ2) is 6.33. The highest BCUT2D eigenvalue weighted by atomic mass is 35.5. The average molecular weight is 354 g/mol. The van der Waals surface area contributed by atoms with Gasteiger partial charge in [0.25, 0.3) is 0 Å². The monoisotopic (exact) mass is 353 g/mol. The SMILES string of the molecule is O=C(c1ccccc1)c1cc(Cl)ccc1-[n+]1nn2c(c1[O-])CCCC2. The van der Waals surface area contributed by atoms with E-state index in [1.807, 2.05) is 6.07 Å². The number of hydrogen-bond acceptors (Lipinski definition) is 3. The van der Waals surface area contributed by atoms with Gasteiger partial charge in [0.1, 0.15) is 12.4 Å². The molecule has 3 aromatic rings. The molecule has 0 unspecified atom stereocenters. The minimum absolute atomic E-state index is 0.163. The highest BCUT2D eigenvalue weighted by Gasteiger charge is 2.26. The maximum atomic E-state index is 12.9. The van der Waals surface area contributed by atoms with Crippen LogP contribution in [0.5, 0.6) is 5.88 Å². The van der Waals surface area contributed by atoms with E-state index in [4.69, 9.17) is 11.6 Å². The Hall–Kier alpha value is -2.66. The second-order valence-electron chi connectivity index (χ2n) is 6.09. The summed E-state index contributed by atoms with van der Waals surface area (Å²) < 4.78 is 3.07. The van der Waals surface area contributed by atoms with Gasteiger partial charge in [-0.15, -0.1) is 9.36 Å². The van der Waals surface area contributed by atoms with Crippen molar-refractivity contribution >= 4 is 17.4 Å². The number of hydrogen-bond donors (Lipinski definition) is 0. The number of halogens is 1. The third-order valence-corrected chi connectivity index (χ3v) is 4.68. The van der Waals surface area contributed by atoms with Crippen LogP contribution in [0.25, 0.3) is 5.69 Å². The number of ketones is 1. The Morgan fingerprint density at radius 2 is 1.96 bits per heavy atom. The fourth-order valence-electron chi connectivity index (χ4n) is 3.18. The Balaban J connectivity index is 1.87. The summed E-state index contributed by atoms with van der Waals surface area (Å²) in [4.78, 5) is 12.9. The minimum atomic E-state index is -0.184. The van der Waals surface area contributed by atoms with Crippen molar-refractivity contribution in [1.29, 1.82) is 0 Å². The molecule has 0 radical (unpaired) electrons. The van der Waals surface area contributed by atoms with Gasteiger partial charge in [0.2, 0.25) is 0 Å². The Morgan fingerprint density at radius 1 is 1.16 bits per heavy atom. The molecule has 0 fully saturated rings. The van der Waals surface area contributed by atoms with E-state index in [9.17, 15) is 9.90 Å². The summed E-state index contributed by atoms with van der Waals surface area (Å²) in [6, 6.07) is 13.9. The molecule has 1 aliphatic rings. The third-order valence-electron chi connectivity index (χ3n) is 4.45. The molecule has 126 valence electrons. The van der Waals surface area contributed by atoms with Crippen LogP contribution in [0.2, 0.25) is 5.02 Å². The first-order chi connectivity index (χ1) is 12.1. The lowest BCUT2D eigenvalue weighted by Crippen LogP contribution is -2.38. The van der Waals surface area contributed by atoms with Crippen LogP contribution in [0, 0.1) is 0 Å². The van der Waals surface area contributed by atoms with Crippen LogP contribution in [0.3, 0.4) is 0 Å². The van der Waals surface area contributed by atoms with Crippen LogP contribution < -0.4 is 9.79 Å². The van der Waals surface area contributed by atoms with Crippen molar-refractivity contribution in [3.05, 3.63) is 70.4 Å². The molecule has 0 aliphatic carbocycles. The highest BCUT2D eigenvalue weighted by Crippen LogP contribution is 2.23. The lowest BCUT2D eigenvalue weighted by molar-refractivity contribution is -0.703. The summed E-state index contributed by atoms with van der Waals surface area (Å²) in [6.45, 7) is 0.729. The van der Waals surface area contributed by atoms with E-state index in [1.165, 1.54) is 4.68 Å². The van der Waals surface area contributed by atoms with Gasteiger partial charge in [-0.2, -0.15) is 0 Å². The van der Waals surface area contributed by atoms with Crippen molar-refractivity contribution in [2.24, 2.45) is 0 Å². The van der Waals surface area contributed by atoms with Gasteiger partial charge in [0, 0.05) is 17.0 Å². The summed E-state index contributed by atoms with van der Waals surface area (Å²) >= 11 is 6.11. The Morgan fingerprint density at radius 3 is 2.72 bits per heavy atom. The molecule has 1 aliphatic heterocycles. The van der Waals surface area contributed by atoms with Crippen LogP contribution in [0.4, 0.5) is 0 Å². The van der Waals surface area contributed by atoms with Gasteiger partial charge in [-0.25, -0.2) is 0 Å². The van der Waals surface area contributed by atoms with Crippen LogP contribution in [-0.4, -0.2) is 15.7 Å². The van der Waals surface area contributed by atoms with Gasteiger partial charge in [0.05, 0.1) is 10.8 Å². The van der Waals surface area contributed by atoms with E-state index >= 15 is 0 Å².